The standard InChI is InChI=1S/C93H81BN4/c1-58(2)65-40-46-83-77(50-65)78-51-66(59(3)4)41-47-84(78)96(83)70-43-45-80-86(57-70)98(91-75(63-32-20-14-21-33-63)54-68(93(9,10)11)55-76(91)64-34-22-15-23-35-64)88-49-60(5)48-87-89(88)94(80)79-44-42-69(95-81-38-26-24-36-71(81)72-37-25-27-39-82(72)95)56-85(79)97(87)90-73(61-28-16-12-17-29-61)52-67(92(6,7)8)53-74(90)62-30-18-13-19-31-62/h12-59H,1-11H3. The third kappa shape index (κ3) is 9.86. The summed E-state index contributed by atoms with van der Waals surface area (Å²) < 4.78 is 5.05. The number of para-hydroxylation sites is 2. The first kappa shape index (κ1) is 60.8. The van der Waals surface area contributed by atoms with Gasteiger partial charge in [-0.05, 0) is 193 Å². The van der Waals surface area contributed by atoms with E-state index in [-0.39, 0.29) is 17.5 Å². The zero-order valence-corrected chi connectivity index (χ0v) is 58.1. The molecule has 0 atom stereocenters. The van der Waals surface area contributed by atoms with Crippen molar-refractivity contribution in [3.63, 3.8) is 0 Å². The van der Waals surface area contributed by atoms with Crippen LogP contribution in [0.4, 0.5) is 34.1 Å². The minimum absolute atomic E-state index is 0.172. The van der Waals surface area contributed by atoms with Gasteiger partial charge in [0.15, 0.2) is 0 Å². The molecule has 2 aliphatic heterocycles. The van der Waals surface area contributed by atoms with Crippen molar-refractivity contribution < 1.29 is 0 Å². The van der Waals surface area contributed by atoms with Crippen LogP contribution in [0, 0.1) is 6.92 Å². The average Bonchev–Trinajstić information content (AvgIpc) is 0.826. The smallest absolute Gasteiger partial charge is 0.252 e. The lowest BCUT2D eigenvalue weighted by Gasteiger charge is -2.46. The van der Waals surface area contributed by atoms with Crippen LogP contribution in [0.5, 0.6) is 0 Å². The molecular weight excluding hydrogens is 1180 g/mol. The Hall–Kier alpha value is -10.9. The first-order chi connectivity index (χ1) is 47.5. The highest BCUT2D eigenvalue weighted by atomic mass is 15.2. The molecule has 13 aromatic carbocycles. The lowest BCUT2D eigenvalue weighted by Crippen LogP contribution is -2.61. The van der Waals surface area contributed by atoms with E-state index < -0.39 is 0 Å². The van der Waals surface area contributed by atoms with E-state index >= 15 is 0 Å². The predicted molar refractivity (Wildman–Crippen MR) is 421 cm³/mol. The normalized spacial score (nSPS) is 13.0. The van der Waals surface area contributed by atoms with Crippen LogP contribution < -0.4 is 26.2 Å². The topological polar surface area (TPSA) is 16.3 Å². The number of fused-ring (bicyclic) bond motifs is 10. The largest absolute Gasteiger partial charge is 0.310 e. The number of hydrogen-bond acceptors (Lipinski definition) is 2. The second kappa shape index (κ2) is 23.2. The molecule has 0 saturated heterocycles. The van der Waals surface area contributed by atoms with E-state index in [0.717, 1.165) is 45.5 Å². The maximum absolute atomic E-state index is 2.72. The van der Waals surface area contributed by atoms with Crippen LogP contribution in [-0.2, 0) is 10.8 Å². The fraction of sp³-hybridized carbons (Fsp3) is 0.161. The molecule has 0 unspecified atom stereocenters. The number of anilines is 6. The van der Waals surface area contributed by atoms with Gasteiger partial charge in [-0.1, -0.05) is 251 Å². The predicted octanol–water partition coefficient (Wildman–Crippen LogP) is 23.8. The van der Waals surface area contributed by atoms with Crippen LogP contribution in [0.3, 0.4) is 0 Å². The molecule has 0 radical (unpaired) electrons. The zero-order chi connectivity index (χ0) is 67.0. The first-order valence-electron chi connectivity index (χ1n) is 35.1. The van der Waals surface area contributed by atoms with Crippen molar-refractivity contribution in [3.05, 3.63) is 307 Å². The molecule has 17 rings (SSSR count). The van der Waals surface area contributed by atoms with E-state index in [1.165, 1.54) is 132 Å². The SMILES string of the molecule is Cc1cc2c3c(c1)N(c1c(-c4ccccc4)cc(C(C)(C)C)cc1-c1ccccc1)c1cc(-n4c5ccc(C(C)C)cc5c5cc(C(C)C)ccc54)ccc1B3c1ccc(-n3c4ccccc4c4ccccc43)cc1N2c1c(-c2ccccc2)cc(C(C)(C)C)cc1-c1ccccc1. The maximum Gasteiger partial charge on any atom is 0.252 e. The number of rotatable bonds is 10. The zero-order valence-electron chi connectivity index (χ0n) is 58.1. The monoisotopic (exact) mass is 1260 g/mol. The van der Waals surface area contributed by atoms with Crippen LogP contribution in [0.25, 0.3) is 99.5 Å². The number of benzene rings is 13. The van der Waals surface area contributed by atoms with E-state index in [1.54, 1.807) is 0 Å². The molecule has 0 amide bonds. The summed E-state index contributed by atoms with van der Waals surface area (Å²) in [6, 6.07) is 107. The van der Waals surface area contributed by atoms with Gasteiger partial charge in [-0.3, -0.25) is 0 Å². The van der Waals surface area contributed by atoms with Gasteiger partial charge >= 0.3 is 0 Å². The molecule has 0 spiro atoms. The second-order valence-corrected chi connectivity index (χ2v) is 30.2. The highest BCUT2D eigenvalue weighted by Crippen LogP contribution is 2.55. The minimum atomic E-state index is -0.205. The summed E-state index contributed by atoms with van der Waals surface area (Å²) in [5.74, 6) is 0.758. The summed E-state index contributed by atoms with van der Waals surface area (Å²) >= 11 is 0. The average molecular weight is 1270 g/mol. The van der Waals surface area contributed by atoms with Crippen LogP contribution in [0.15, 0.2) is 279 Å². The third-order valence-corrected chi connectivity index (χ3v) is 21.2. The van der Waals surface area contributed by atoms with Crippen LogP contribution >= 0.6 is 0 Å². The Kier molecular flexibility index (Phi) is 14.4. The second-order valence-electron chi connectivity index (χ2n) is 30.2. The Balaban J connectivity index is 1.05. The fourth-order valence-corrected chi connectivity index (χ4v) is 16.1. The molecule has 98 heavy (non-hydrogen) atoms. The van der Waals surface area contributed by atoms with Crippen molar-refractivity contribution in [1.29, 1.82) is 0 Å². The summed E-state index contributed by atoms with van der Waals surface area (Å²) in [4.78, 5) is 5.42. The van der Waals surface area contributed by atoms with Gasteiger partial charge in [-0.15, -0.1) is 0 Å². The summed E-state index contributed by atoms with van der Waals surface area (Å²) in [6.07, 6.45) is 0. The molecule has 0 bridgehead atoms. The number of nitrogens with zero attached hydrogens (tertiary/aromatic N) is 4. The molecular formula is C93H81BN4. The molecule has 0 saturated carbocycles. The van der Waals surface area contributed by atoms with E-state index in [2.05, 4.69) is 374 Å². The van der Waals surface area contributed by atoms with Crippen molar-refractivity contribution in [3.8, 4) is 55.9 Å². The van der Waals surface area contributed by atoms with Gasteiger partial charge in [0.25, 0.3) is 6.71 Å². The molecule has 2 aromatic heterocycles. The van der Waals surface area contributed by atoms with Crippen molar-refractivity contribution in [2.75, 3.05) is 9.80 Å². The Labute approximate surface area is 577 Å². The van der Waals surface area contributed by atoms with E-state index in [4.69, 9.17) is 0 Å². The summed E-state index contributed by atoms with van der Waals surface area (Å²) in [5.41, 5.74) is 33.1. The van der Waals surface area contributed by atoms with Crippen molar-refractivity contribution >= 4 is 101 Å². The molecule has 4 nitrogen and oxygen atoms in total. The van der Waals surface area contributed by atoms with Gasteiger partial charge in [0.2, 0.25) is 0 Å². The van der Waals surface area contributed by atoms with Crippen molar-refractivity contribution in [2.45, 2.75) is 98.8 Å². The first-order valence-corrected chi connectivity index (χ1v) is 35.1. The molecule has 0 N–H and O–H groups in total. The highest BCUT2D eigenvalue weighted by Gasteiger charge is 2.46. The molecule has 0 fully saturated rings. The van der Waals surface area contributed by atoms with Gasteiger partial charge in [0.1, 0.15) is 0 Å². The van der Waals surface area contributed by atoms with E-state index in [0.29, 0.717) is 11.8 Å². The molecule has 0 aliphatic carbocycles. The van der Waals surface area contributed by atoms with Gasteiger partial charge in [0, 0.05) is 77.9 Å². The minimum Gasteiger partial charge on any atom is -0.310 e. The third-order valence-electron chi connectivity index (χ3n) is 21.2. The van der Waals surface area contributed by atoms with Crippen LogP contribution in [0.1, 0.15) is 109 Å². The Bertz CT molecular complexity index is 5420. The Morgan fingerprint density at radius 3 is 0.969 bits per heavy atom. The molecule has 2 aliphatic rings. The summed E-state index contributed by atoms with van der Waals surface area (Å²) in [5, 5.41) is 5.04. The van der Waals surface area contributed by atoms with Gasteiger partial charge in [-0.25, -0.2) is 0 Å². The molecule has 5 heteroatoms. The molecule has 476 valence electrons. The Morgan fingerprint density at radius 1 is 0.306 bits per heavy atom. The van der Waals surface area contributed by atoms with Gasteiger partial charge < -0.3 is 18.9 Å². The van der Waals surface area contributed by atoms with Crippen molar-refractivity contribution in [2.24, 2.45) is 0 Å². The maximum atomic E-state index is 2.72. The van der Waals surface area contributed by atoms with Gasteiger partial charge in [-0.2, -0.15) is 0 Å². The summed E-state index contributed by atoms with van der Waals surface area (Å²) in [7, 11) is 0. The molecule has 4 heterocycles. The van der Waals surface area contributed by atoms with Crippen molar-refractivity contribution in [1.82, 2.24) is 9.13 Å². The fourth-order valence-electron chi connectivity index (χ4n) is 16.1. The number of aromatic nitrogens is 2. The Morgan fingerprint density at radius 2 is 0.633 bits per heavy atom. The van der Waals surface area contributed by atoms with E-state index in [9.17, 15) is 0 Å². The van der Waals surface area contributed by atoms with E-state index in [1.807, 2.05) is 0 Å². The summed E-state index contributed by atoms with van der Waals surface area (Å²) in [6.45, 7) is 25.5. The molecule has 15 aromatic rings. The van der Waals surface area contributed by atoms with Crippen LogP contribution in [0.2, 0.25) is 0 Å². The quantitative estimate of drug-likeness (QED) is 0.127. The van der Waals surface area contributed by atoms with Gasteiger partial charge in [0.05, 0.1) is 33.4 Å². The number of aryl methyl sites for hydroxylation is 1. The number of hydrogen-bond donors (Lipinski definition) is 0. The lowest BCUT2D eigenvalue weighted by molar-refractivity contribution is 0.590. The highest BCUT2D eigenvalue weighted by molar-refractivity contribution is 7.00. The van der Waals surface area contributed by atoms with Crippen LogP contribution in [-0.4, -0.2) is 15.8 Å². The lowest BCUT2D eigenvalue weighted by atomic mass is 9.33.